The summed E-state index contributed by atoms with van der Waals surface area (Å²) in [6.45, 7) is 0. The van der Waals surface area contributed by atoms with Crippen LogP contribution in [0.2, 0.25) is 0 Å². The molecule has 6 nitrogen and oxygen atoms in total. The van der Waals surface area contributed by atoms with Gasteiger partial charge < -0.3 is 28.7 Å². The molecule has 0 unspecified atom stereocenters. The Morgan fingerprint density at radius 1 is 0.842 bits per heavy atom. The Morgan fingerprint density at radius 2 is 1.21 bits per heavy atom. The van der Waals surface area contributed by atoms with E-state index in [1.807, 2.05) is 0 Å². The molecule has 0 saturated heterocycles. The molecular weight excluding hydrogens is 312 g/mol. The van der Waals surface area contributed by atoms with E-state index in [2.05, 4.69) is 0 Å². The van der Waals surface area contributed by atoms with E-state index in [0.717, 1.165) is 25.7 Å². The van der Waals surface area contributed by atoms with Gasteiger partial charge in [0.2, 0.25) is 0 Å². The fraction of sp³-hybridized carbons (Fsp3) is 1.00. The summed E-state index contributed by atoms with van der Waals surface area (Å²) in [6.07, 6.45) is 4.89. The smallest absolute Gasteiger partial charge is 0.810 e. The zero-order valence-electron chi connectivity index (χ0n) is 11.4. The molecule has 19 heavy (non-hydrogen) atoms. The molecule has 0 radical (unpaired) electrons. The molecule has 0 spiro atoms. The molecule has 0 atom stereocenters. The van der Waals surface area contributed by atoms with Crippen LogP contribution in [-0.4, -0.2) is 5.40 Å². The molecule has 1 rings (SSSR count). The van der Waals surface area contributed by atoms with Gasteiger partial charge in [0.05, 0.1) is 0 Å². The van der Waals surface area contributed by atoms with E-state index >= 15 is 0 Å². The Morgan fingerprint density at radius 3 is 1.53 bits per heavy atom. The number of hydrogen-bond donors (Lipinski definition) is 0. The molecule has 102 valence electrons. The fourth-order valence-electron chi connectivity index (χ4n) is 2.33. The summed E-state index contributed by atoms with van der Waals surface area (Å²) in [5, 5.41) is -2.27. The van der Waals surface area contributed by atoms with Crippen LogP contribution in [0.15, 0.2) is 0 Å². The molecule has 1 saturated carbocycles. The quantitative estimate of drug-likeness (QED) is 0.287. The summed E-state index contributed by atoms with van der Waals surface area (Å²) in [5.74, 6) is -0.144. The third-order valence-corrected chi connectivity index (χ3v) is 6.83. The zero-order chi connectivity index (χ0) is 13.1. The minimum atomic E-state index is -5.37. The van der Waals surface area contributed by atoms with Crippen molar-refractivity contribution < 1.29 is 87.8 Å². The van der Waals surface area contributed by atoms with E-state index in [1.54, 1.807) is 0 Å². The van der Waals surface area contributed by atoms with Crippen molar-refractivity contribution in [3.63, 3.8) is 0 Å². The number of hydrogen-bond acceptors (Lipinski definition) is 6. The van der Waals surface area contributed by atoms with Gasteiger partial charge in [-0.2, -0.15) is 0 Å². The Balaban J connectivity index is 0. The molecule has 0 aromatic heterocycles. The predicted molar refractivity (Wildman–Crippen MR) is 54.8 cm³/mol. The van der Waals surface area contributed by atoms with Crippen LogP contribution in [0.25, 0.3) is 0 Å². The van der Waals surface area contributed by atoms with Crippen molar-refractivity contribution in [2.24, 2.45) is 5.92 Å². The van der Waals surface area contributed by atoms with Crippen LogP contribution in [0.1, 0.15) is 44.9 Å². The van der Waals surface area contributed by atoms with E-state index in [1.165, 1.54) is 0 Å². The Kier molecular flexibility index (Phi) is 12.6. The molecule has 0 heterocycles. The van der Waals surface area contributed by atoms with E-state index in [9.17, 15) is 28.7 Å². The van der Waals surface area contributed by atoms with E-state index in [4.69, 9.17) is 0 Å². The van der Waals surface area contributed by atoms with Crippen molar-refractivity contribution >= 4 is 15.2 Å². The van der Waals surface area contributed by atoms with E-state index in [0.29, 0.717) is 12.8 Å². The Hall–Kier alpha value is 2.30. The van der Waals surface area contributed by atoms with Gasteiger partial charge in [-0.15, -0.1) is 0 Å². The second kappa shape index (κ2) is 10.1. The average molecular weight is 328 g/mol. The van der Waals surface area contributed by atoms with Gasteiger partial charge in [0.15, 0.2) is 0 Å². The van der Waals surface area contributed by atoms with Gasteiger partial charge >= 0.3 is 59.1 Å². The van der Waals surface area contributed by atoms with Crippen LogP contribution in [-0.2, 0) is 9.13 Å². The second-order valence-electron chi connectivity index (χ2n) is 4.65. The van der Waals surface area contributed by atoms with E-state index in [-0.39, 0.29) is 71.5 Å². The molecule has 0 aromatic rings. The SMILES string of the molecule is O=P([O-])([O-])C(CC1CCCCCC1)P(=O)([O-])[O-].[Na+].[Na+]. The molecular formula is C9H16Na2O6P2-2. The van der Waals surface area contributed by atoms with Crippen LogP contribution in [0, 0.1) is 5.92 Å². The second-order valence-corrected chi connectivity index (χ2v) is 8.47. The van der Waals surface area contributed by atoms with E-state index < -0.39 is 20.6 Å². The molecule has 0 bridgehead atoms. The molecule has 1 aliphatic rings. The molecule has 10 heteroatoms. The first kappa shape index (κ1) is 23.6. The minimum Gasteiger partial charge on any atom is -0.810 e. The number of rotatable bonds is 4. The predicted octanol–water partition coefficient (Wildman–Crippen LogP) is -6.49. The van der Waals surface area contributed by atoms with Crippen molar-refractivity contribution in [1.82, 2.24) is 0 Å². The molecule has 0 amide bonds. The third-order valence-electron chi connectivity index (χ3n) is 3.25. The summed E-state index contributed by atoms with van der Waals surface area (Å²) < 4.78 is 21.7. The molecule has 1 aliphatic carbocycles. The van der Waals surface area contributed by atoms with Crippen LogP contribution < -0.4 is 78.7 Å². The first-order valence-corrected chi connectivity index (χ1v) is 8.97. The molecule has 1 fully saturated rings. The molecule has 0 aliphatic heterocycles. The summed E-state index contributed by atoms with van der Waals surface area (Å²) in [4.78, 5) is 43.4. The summed E-state index contributed by atoms with van der Waals surface area (Å²) in [5.41, 5.74) is 0. The first-order valence-electron chi connectivity index (χ1n) is 5.74. The molecule has 0 N–H and O–H groups in total. The van der Waals surface area contributed by atoms with Gasteiger partial charge in [0, 0.05) is 5.40 Å². The van der Waals surface area contributed by atoms with Crippen LogP contribution in [0.5, 0.6) is 0 Å². The standard InChI is InChI=1S/C9H20O6P2.2Na/c10-16(11,12)9(17(13,14)15)7-8-5-3-1-2-4-6-8;;/h8-9H,1-7H2,(H2,10,11,12)(H2,13,14,15);;/q;2*+1/p-4. The summed E-state index contributed by atoms with van der Waals surface area (Å²) in [7, 11) is -10.7. The van der Waals surface area contributed by atoms with Crippen molar-refractivity contribution in [3.05, 3.63) is 0 Å². The maximum absolute atomic E-state index is 10.8. The maximum atomic E-state index is 10.8. The van der Waals surface area contributed by atoms with Gasteiger partial charge in [-0.1, -0.05) is 53.7 Å². The van der Waals surface area contributed by atoms with Crippen LogP contribution in [0.3, 0.4) is 0 Å². The van der Waals surface area contributed by atoms with Crippen molar-refractivity contribution in [2.75, 3.05) is 0 Å². The van der Waals surface area contributed by atoms with Crippen LogP contribution in [0.4, 0.5) is 0 Å². The summed E-state index contributed by atoms with van der Waals surface area (Å²) >= 11 is 0. The maximum Gasteiger partial charge on any atom is 1.00 e. The normalized spacial score (nSPS) is 18.4. The van der Waals surface area contributed by atoms with Crippen molar-refractivity contribution in [3.8, 4) is 0 Å². The van der Waals surface area contributed by atoms with Gasteiger partial charge in [-0.25, -0.2) is 0 Å². The van der Waals surface area contributed by atoms with Gasteiger partial charge in [0.1, 0.15) is 0 Å². The largest absolute Gasteiger partial charge is 1.00 e. The average Bonchev–Trinajstić information content (AvgIpc) is 2.38. The van der Waals surface area contributed by atoms with Crippen molar-refractivity contribution in [2.45, 2.75) is 50.3 Å². The first-order chi connectivity index (χ1) is 7.71. The van der Waals surface area contributed by atoms with Gasteiger partial charge in [0.25, 0.3) is 0 Å². The Labute approximate surface area is 158 Å². The zero-order valence-corrected chi connectivity index (χ0v) is 17.2. The fourth-order valence-corrected chi connectivity index (χ4v) is 4.83. The minimum absolute atomic E-state index is 0. The Bertz CT molecular complexity index is 312. The van der Waals surface area contributed by atoms with Crippen LogP contribution >= 0.6 is 15.2 Å². The van der Waals surface area contributed by atoms with Gasteiger partial charge in [-0.3, -0.25) is 0 Å². The van der Waals surface area contributed by atoms with Crippen molar-refractivity contribution in [1.29, 1.82) is 0 Å². The third kappa shape index (κ3) is 9.12. The molecule has 0 aromatic carbocycles. The summed E-state index contributed by atoms with van der Waals surface area (Å²) in [6, 6.07) is 0. The topological polar surface area (TPSA) is 126 Å². The van der Waals surface area contributed by atoms with Gasteiger partial charge in [-0.05, 0) is 12.3 Å². The monoisotopic (exact) mass is 328 g/mol.